The minimum Gasteiger partial charge on any atom is -0.332 e. The first-order valence-corrected chi connectivity index (χ1v) is 10.2. The monoisotopic (exact) mass is 415 g/mol. The van der Waals surface area contributed by atoms with Crippen molar-refractivity contribution in [2.45, 2.75) is 0 Å². The van der Waals surface area contributed by atoms with Gasteiger partial charge in [-0.3, -0.25) is 4.79 Å². The molecule has 4 rings (SSSR count). The lowest BCUT2D eigenvalue weighted by atomic mass is 10.1. The van der Waals surface area contributed by atoms with Gasteiger partial charge in [-0.25, -0.2) is 9.37 Å². The van der Waals surface area contributed by atoms with Crippen molar-refractivity contribution >= 4 is 39.8 Å². The van der Waals surface area contributed by atoms with Gasteiger partial charge in [0, 0.05) is 28.4 Å². The second kappa shape index (κ2) is 9.15. The van der Waals surface area contributed by atoms with Crippen molar-refractivity contribution in [1.29, 1.82) is 0 Å². The molecule has 0 spiro atoms. The minimum atomic E-state index is -0.280. The number of thiazole rings is 1. The van der Waals surface area contributed by atoms with Crippen molar-refractivity contribution in [2.24, 2.45) is 0 Å². The van der Waals surface area contributed by atoms with Crippen molar-refractivity contribution < 1.29 is 9.18 Å². The minimum absolute atomic E-state index is 0.201. The summed E-state index contributed by atoms with van der Waals surface area (Å²) in [6, 6.07) is 23.3. The topological polar surface area (TPSA) is 54.0 Å². The summed E-state index contributed by atoms with van der Waals surface area (Å²) >= 11 is 1.45. The molecule has 0 aliphatic heterocycles. The normalized spacial score (nSPS) is 10.8. The molecular formula is C24H18FN3OS. The van der Waals surface area contributed by atoms with Crippen LogP contribution >= 0.6 is 11.3 Å². The summed E-state index contributed by atoms with van der Waals surface area (Å²) in [5.41, 5.74) is 4.11. The second-order valence-electron chi connectivity index (χ2n) is 6.48. The molecule has 0 saturated carbocycles. The van der Waals surface area contributed by atoms with Crippen molar-refractivity contribution in [2.75, 3.05) is 10.6 Å². The molecule has 4 nitrogen and oxygen atoms in total. The van der Waals surface area contributed by atoms with Gasteiger partial charge in [0.25, 0.3) is 0 Å². The maximum absolute atomic E-state index is 13.0. The number of rotatable bonds is 6. The van der Waals surface area contributed by atoms with Crippen molar-refractivity contribution in [3.8, 4) is 11.3 Å². The van der Waals surface area contributed by atoms with Crippen LogP contribution in [0, 0.1) is 5.82 Å². The third-order valence-corrected chi connectivity index (χ3v) is 5.01. The van der Waals surface area contributed by atoms with Crippen LogP contribution in [0.5, 0.6) is 0 Å². The highest BCUT2D eigenvalue weighted by molar-refractivity contribution is 7.14. The van der Waals surface area contributed by atoms with Gasteiger partial charge in [0.15, 0.2) is 5.13 Å². The Bertz CT molecular complexity index is 1170. The van der Waals surface area contributed by atoms with Crippen molar-refractivity contribution in [1.82, 2.24) is 4.98 Å². The van der Waals surface area contributed by atoms with Crippen LogP contribution in [-0.4, -0.2) is 10.9 Å². The molecule has 0 aliphatic carbocycles. The Labute approximate surface area is 177 Å². The summed E-state index contributed by atoms with van der Waals surface area (Å²) in [5, 5.41) is 8.67. The average Bonchev–Trinajstić information content (AvgIpc) is 3.23. The fourth-order valence-corrected chi connectivity index (χ4v) is 3.54. The van der Waals surface area contributed by atoms with E-state index in [0.29, 0.717) is 10.8 Å². The molecular weight excluding hydrogens is 397 g/mol. The summed E-state index contributed by atoms with van der Waals surface area (Å²) in [6.07, 6.45) is 3.28. The third kappa shape index (κ3) is 5.18. The van der Waals surface area contributed by atoms with Gasteiger partial charge in [0.1, 0.15) is 5.82 Å². The molecule has 1 amide bonds. The maximum Gasteiger partial charge on any atom is 0.248 e. The molecule has 1 aromatic heterocycles. The Morgan fingerprint density at radius 2 is 1.73 bits per heavy atom. The lowest BCUT2D eigenvalue weighted by molar-refractivity contribution is -0.111. The summed E-state index contributed by atoms with van der Waals surface area (Å²) in [5.74, 6) is -0.481. The summed E-state index contributed by atoms with van der Waals surface area (Å²) in [6.45, 7) is 0. The second-order valence-corrected chi connectivity index (χ2v) is 7.34. The van der Waals surface area contributed by atoms with Crippen LogP contribution in [0.1, 0.15) is 5.56 Å². The molecule has 2 N–H and O–H groups in total. The van der Waals surface area contributed by atoms with E-state index < -0.39 is 0 Å². The highest BCUT2D eigenvalue weighted by Gasteiger charge is 2.07. The zero-order valence-electron chi connectivity index (χ0n) is 15.9. The smallest absolute Gasteiger partial charge is 0.248 e. The van der Waals surface area contributed by atoms with Crippen molar-refractivity contribution in [3.05, 3.63) is 102 Å². The molecule has 0 radical (unpaired) electrons. The molecule has 0 unspecified atom stereocenters. The molecule has 0 bridgehead atoms. The number of hydrogen-bond donors (Lipinski definition) is 2. The number of aromatic nitrogens is 1. The molecule has 4 aromatic rings. The van der Waals surface area contributed by atoms with E-state index in [0.717, 1.165) is 22.5 Å². The van der Waals surface area contributed by atoms with Crippen LogP contribution in [0.3, 0.4) is 0 Å². The van der Waals surface area contributed by atoms with Crippen LogP contribution in [0.2, 0.25) is 0 Å². The van der Waals surface area contributed by atoms with Crippen molar-refractivity contribution in [3.63, 3.8) is 0 Å². The number of carbonyl (C=O) groups is 1. The molecule has 1 heterocycles. The molecule has 148 valence electrons. The van der Waals surface area contributed by atoms with Gasteiger partial charge in [0.05, 0.1) is 5.69 Å². The summed E-state index contributed by atoms with van der Waals surface area (Å²) in [4.78, 5) is 16.8. The number of anilines is 3. The quantitative estimate of drug-likeness (QED) is 0.361. The van der Waals surface area contributed by atoms with Crippen LogP contribution in [0.15, 0.2) is 90.3 Å². The van der Waals surface area contributed by atoms with Gasteiger partial charge >= 0.3 is 0 Å². The van der Waals surface area contributed by atoms with E-state index in [1.54, 1.807) is 18.2 Å². The van der Waals surface area contributed by atoms with Crippen LogP contribution in [0.4, 0.5) is 20.9 Å². The predicted molar refractivity (Wildman–Crippen MR) is 121 cm³/mol. The van der Waals surface area contributed by atoms with E-state index >= 15 is 0 Å². The Morgan fingerprint density at radius 3 is 2.53 bits per heavy atom. The number of hydrogen-bond acceptors (Lipinski definition) is 4. The highest BCUT2D eigenvalue weighted by Crippen LogP contribution is 2.28. The van der Waals surface area contributed by atoms with Gasteiger partial charge in [-0.15, -0.1) is 11.3 Å². The molecule has 6 heteroatoms. The number of carbonyl (C=O) groups excluding carboxylic acids is 1. The predicted octanol–water partition coefficient (Wildman–Crippen LogP) is 6.34. The van der Waals surface area contributed by atoms with E-state index in [1.807, 2.05) is 60.0 Å². The molecule has 0 atom stereocenters. The molecule has 30 heavy (non-hydrogen) atoms. The molecule has 0 fully saturated rings. The van der Waals surface area contributed by atoms with E-state index in [2.05, 4.69) is 15.6 Å². The van der Waals surface area contributed by atoms with E-state index in [1.165, 1.54) is 29.5 Å². The summed E-state index contributed by atoms with van der Waals surface area (Å²) in [7, 11) is 0. The highest BCUT2D eigenvalue weighted by atomic mass is 32.1. The standard InChI is InChI=1S/C24H18FN3OS/c25-19-10-12-20(13-11-19)27-24-28-22(16-30-24)18-7-4-8-21(15-18)26-23(29)14-9-17-5-2-1-3-6-17/h1-16H,(H,26,29)(H,27,28). The van der Waals surface area contributed by atoms with Crippen LogP contribution in [0.25, 0.3) is 17.3 Å². The van der Waals surface area contributed by atoms with Gasteiger partial charge in [-0.2, -0.15) is 0 Å². The molecule has 0 aliphatic rings. The number of benzene rings is 3. The fraction of sp³-hybridized carbons (Fsp3) is 0. The van der Waals surface area contributed by atoms with Crippen LogP contribution < -0.4 is 10.6 Å². The van der Waals surface area contributed by atoms with E-state index in [9.17, 15) is 9.18 Å². The number of halogens is 1. The van der Waals surface area contributed by atoms with Gasteiger partial charge in [-0.1, -0.05) is 42.5 Å². The van der Waals surface area contributed by atoms with Gasteiger partial charge in [-0.05, 0) is 48.0 Å². The first-order chi connectivity index (χ1) is 14.7. The Morgan fingerprint density at radius 1 is 0.933 bits per heavy atom. The Balaban J connectivity index is 1.43. The lowest BCUT2D eigenvalue weighted by Gasteiger charge is -2.05. The average molecular weight is 415 g/mol. The molecule has 0 saturated heterocycles. The Kier molecular flexibility index (Phi) is 5.96. The first-order valence-electron chi connectivity index (χ1n) is 9.28. The Hall–Kier alpha value is -3.77. The number of nitrogens with one attached hydrogen (secondary N) is 2. The largest absolute Gasteiger partial charge is 0.332 e. The van der Waals surface area contributed by atoms with Gasteiger partial charge in [0.2, 0.25) is 5.91 Å². The van der Waals surface area contributed by atoms with Gasteiger partial charge < -0.3 is 10.6 Å². The van der Waals surface area contributed by atoms with E-state index in [-0.39, 0.29) is 11.7 Å². The number of amides is 1. The SMILES string of the molecule is O=C(C=Cc1ccccc1)Nc1cccc(-c2csc(Nc3ccc(F)cc3)n2)c1. The first kappa shape index (κ1) is 19.5. The fourth-order valence-electron chi connectivity index (χ4n) is 2.80. The third-order valence-electron chi connectivity index (χ3n) is 4.25. The lowest BCUT2D eigenvalue weighted by Crippen LogP contribution is -2.07. The molecule has 3 aromatic carbocycles. The zero-order valence-corrected chi connectivity index (χ0v) is 16.7. The number of nitrogens with zero attached hydrogens (tertiary/aromatic N) is 1. The van der Waals surface area contributed by atoms with E-state index in [4.69, 9.17) is 0 Å². The summed E-state index contributed by atoms with van der Waals surface area (Å²) < 4.78 is 13.0. The maximum atomic E-state index is 13.0. The zero-order chi connectivity index (χ0) is 20.8. The van der Waals surface area contributed by atoms with Crippen LogP contribution in [-0.2, 0) is 4.79 Å².